The smallest absolute Gasteiger partial charge is 0.328 e. The zero-order valence-corrected chi connectivity index (χ0v) is 63.8. The quantitative estimate of drug-likeness (QED) is 0.0289. The maximum absolute atomic E-state index is 13.2. The number of nitrogens with two attached hydrogens (primary N) is 2. The minimum absolute atomic E-state index is 0.0138. The number of rotatable bonds is 64. The molecule has 2 aliphatic rings. The Labute approximate surface area is 637 Å². The van der Waals surface area contributed by atoms with Crippen LogP contribution in [0.1, 0.15) is 142 Å². The summed E-state index contributed by atoms with van der Waals surface area (Å²) in [7, 11) is 0. The van der Waals surface area contributed by atoms with Crippen LogP contribution in [0.15, 0.2) is 29.3 Å². The van der Waals surface area contributed by atoms with Gasteiger partial charge in [0.2, 0.25) is 65.0 Å². The summed E-state index contributed by atoms with van der Waals surface area (Å²) >= 11 is 0. The standard InChI is InChI=1S/C71H119N17O21/c1-5-35-87-67-64(70(101)88(36-6-2)71(87)102)85-66(86-67)52-16-18-53(19-17-52)109-49-63(97)75-27-10-7-13-54(72)68(99)81-28-12-9-15-56(83-51(4)90)69(100)82-34-42-108-48-47-107-40-32-79-60(94)23-22-59(93)77-30-38-104-44-43-103-37-29-76-57(91)20-21-58(92)78-31-39-105-45-46-106-41-33-80-61(95)24-25-62(96)84-55(65(73)98)14-8-11-26-74-50(3)89/h16-19,54-56,64,67H,5-15,20-49,72H2,1-4H3,(H2,73,98)(H,74,89)(H,75,97)(H,76,91)(H,77,93)(H,78,92)(H,79,94)(H,80,95)(H,81,99)(H,82,100)(H,83,90)(H,84,96)(H,85,86)/t54-,55-,56-,64?,67?/m0/s1. The normalized spacial score (nSPS) is 14.5. The molecule has 109 heavy (non-hydrogen) atoms. The van der Waals surface area contributed by atoms with E-state index in [4.69, 9.17) is 49.6 Å². The number of hydrogen-bond donors (Lipinski definition) is 14. The van der Waals surface area contributed by atoms with E-state index in [-0.39, 0.29) is 235 Å². The summed E-state index contributed by atoms with van der Waals surface area (Å²) in [4.78, 5) is 179. The first-order chi connectivity index (χ1) is 52.5. The first-order valence-corrected chi connectivity index (χ1v) is 37.7. The van der Waals surface area contributed by atoms with Crippen molar-refractivity contribution in [3.63, 3.8) is 0 Å². The fourth-order valence-electron chi connectivity index (χ4n) is 10.6. The lowest BCUT2D eigenvalue weighted by atomic mass is 10.1. The highest BCUT2D eigenvalue weighted by Gasteiger charge is 2.49. The van der Waals surface area contributed by atoms with Crippen molar-refractivity contribution in [2.45, 2.75) is 167 Å². The second kappa shape index (κ2) is 57.9. The van der Waals surface area contributed by atoms with Crippen LogP contribution in [0.3, 0.4) is 0 Å². The molecule has 0 spiro atoms. The fourth-order valence-corrected chi connectivity index (χ4v) is 10.6. The second-order valence-electron chi connectivity index (χ2n) is 25.5. The first-order valence-electron chi connectivity index (χ1n) is 37.7. The van der Waals surface area contributed by atoms with E-state index < -0.39 is 42.1 Å². The number of benzene rings is 1. The molecule has 38 heteroatoms. The number of carbonyl (C=O) groups excluding carboxylic acids is 14. The predicted octanol–water partition coefficient (Wildman–Crippen LogP) is -2.99. The molecule has 2 heterocycles. The maximum Gasteiger partial charge on any atom is 0.328 e. The van der Waals surface area contributed by atoms with Crippen molar-refractivity contribution >= 4 is 88.7 Å². The van der Waals surface area contributed by atoms with Crippen LogP contribution in [0.2, 0.25) is 0 Å². The first kappa shape index (κ1) is 94.0. The van der Waals surface area contributed by atoms with Crippen molar-refractivity contribution in [2.24, 2.45) is 16.5 Å². The Morgan fingerprint density at radius 1 is 0.459 bits per heavy atom. The third-order valence-electron chi connectivity index (χ3n) is 16.3. The number of amides is 15. The molecule has 0 saturated carbocycles. The minimum atomic E-state index is -0.867. The number of unbranched alkanes of at least 4 members (excludes halogenated alkanes) is 3. The van der Waals surface area contributed by atoms with Gasteiger partial charge in [0.05, 0.1) is 85.3 Å². The average molecular weight is 1550 g/mol. The van der Waals surface area contributed by atoms with Crippen molar-refractivity contribution in [2.75, 3.05) is 158 Å². The predicted molar refractivity (Wildman–Crippen MR) is 397 cm³/mol. The van der Waals surface area contributed by atoms with E-state index >= 15 is 0 Å². The summed E-state index contributed by atoms with van der Waals surface area (Å²) in [6.07, 6.45) is 4.92. The van der Waals surface area contributed by atoms with Crippen LogP contribution in [-0.4, -0.2) is 287 Å². The van der Waals surface area contributed by atoms with E-state index in [0.29, 0.717) is 114 Å². The third kappa shape index (κ3) is 43.5. The molecule has 3 rings (SSSR count). The van der Waals surface area contributed by atoms with Crippen molar-refractivity contribution in [1.82, 2.24) is 73.6 Å². The number of imide groups is 1. The molecule has 0 aromatic heterocycles. The summed E-state index contributed by atoms with van der Waals surface area (Å²) in [5.74, 6) is -3.67. The molecule has 1 fully saturated rings. The number of amidine groups is 1. The highest BCUT2D eigenvalue weighted by Crippen LogP contribution is 2.26. The molecule has 1 saturated heterocycles. The minimum Gasteiger partial charge on any atom is -0.484 e. The zero-order chi connectivity index (χ0) is 79.8. The number of nitrogens with zero attached hydrogens (tertiary/aromatic N) is 3. The molecule has 5 atom stereocenters. The van der Waals surface area contributed by atoms with E-state index in [2.05, 4.69) is 63.8 Å². The van der Waals surface area contributed by atoms with Crippen molar-refractivity contribution in [3.05, 3.63) is 29.8 Å². The van der Waals surface area contributed by atoms with Gasteiger partial charge in [-0.15, -0.1) is 0 Å². The lowest BCUT2D eigenvalue weighted by molar-refractivity contribution is -0.135. The lowest BCUT2D eigenvalue weighted by Crippen LogP contribution is -2.65. The van der Waals surface area contributed by atoms with Gasteiger partial charge in [-0.2, -0.15) is 0 Å². The Kier molecular flexibility index (Phi) is 49.9. The van der Waals surface area contributed by atoms with Crippen LogP contribution in [-0.2, 0) is 90.8 Å². The van der Waals surface area contributed by atoms with E-state index in [0.717, 1.165) is 6.42 Å². The molecule has 1 aromatic rings. The summed E-state index contributed by atoms with van der Waals surface area (Å²) in [6, 6.07) is 3.53. The number of carbonyl (C=O) groups is 14. The Morgan fingerprint density at radius 2 is 0.862 bits per heavy atom. The van der Waals surface area contributed by atoms with Gasteiger partial charge in [-0.1, -0.05) is 13.8 Å². The monoisotopic (exact) mass is 1550 g/mol. The summed E-state index contributed by atoms with van der Waals surface area (Å²) in [6.45, 7) is 12.3. The molecule has 15 amide bonds. The summed E-state index contributed by atoms with van der Waals surface area (Å²) in [5.41, 5.74) is 12.2. The summed E-state index contributed by atoms with van der Waals surface area (Å²) < 4.78 is 38.4. The second-order valence-corrected chi connectivity index (χ2v) is 25.5. The average Bonchev–Trinajstić information content (AvgIpc) is 1.63. The fraction of sp³-hybridized carbons (Fsp3) is 0.704. The van der Waals surface area contributed by atoms with Gasteiger partial charge in [-0.05, 0) is 94.9 Å². The van der Waals surface area contributed by atoms with Crippen LogP contribution in [0.25, 0.3) is 0 Å². The lowest BCUT2D eigenvalue weighted by Gasteiger charge is -2.40. The van der Waals surface area contributed by atoms with Crippen molar-refractivity contribution < 1.29 is 100 Å². The Hall–Kier alpha value is -9.21. The van der Waals surface area contributed by atoms with Gasteiger partial charge in [0.25, 0.3) is 11.8 Å². The van der Waals surface area contributed by atoms with Crippen molar-refractivity contribution in [1.29, 1.82) is 0 Å². The molecular formula is C71H119N17O21. The van der Waals surface area contributed by atoms with Gasteiger partial charge in [-0.25, -0.2) is 9.79 Å². The molecule has 38 nitrogen and oxygen atoms in total. The van der Waals surface area contributed by atoms with Gasteiger partial charge in [0.15, 0.2) is 12.8 Å². The molecule has 0 radical (unpaired) electrons. The highest BCUT2D eigenvalue weighted by atomic mass is 16.5. The van der Waals surface area contributed by atoms with Crippen LogP contribution in [0.4, 0.5) is 4.79 Å². The maximum atomic E-state index is 13.2. The molecule has 2 aliphatic heterocycles. The Balaban J connectivity index is 1.05. The number of nitrogens with one attached hydrogen (secondary N) is 12. The van der Waals surface area contributed by atoms with E-state index in [9.17, 15) is 67.1 Å². The van der Waals surface area contributed by atoms with Crippen LogP contribution < -0.4 is 80.0 Å². The number of primary amides is 1. The Bertz CT molecular complexity index is 3010. The molecule has 0 bridgehead atoms. The number of hydrogen-bond acceptors (Lipinski definition) is 24. The largest absolute Gasteiger partial charge is 0.484 e. The third-order valence-corrected chi connectivity index (χ3v) is 16.3. The molecule has 2 unspecified atom stereocenters. The summed E-state index contributed by atoms with van der Waals surface area (Å²) in [5, 5.41) is 32.8. The number of urea groups is 1. The van der Waals surface area contributed by atoms with E-state index in [1.807, 2.05) is 13.8 Å². The van der Waals surface area contributed by atoms with Crippen LogP contribution >= 0.6 is 0 Å². The van der Waals surface area contributed by atoms with Gasteiger partial charge in [-0.3, -0.25) is 72.1 Å². The number of ether oxygens (including phenoxy) is 7. The topological polar surface area (TPSA) is 519 Å². The van der Waals surface area contributed by atoms with Gasteiger partial charge < -0.3 is 108 Å². The molecule has 614 valence electrons. The molecule has 0 aliphatic carbocycles. The van der Waals surface area contributed by atoms with E-state index in [1.54, 1.807) is 29.2 Å². The highest BCUT2D eigenvalue weighted by molar-refractivity contribution is 6.08. The molecule has 16 N–H and O–H groups in total. The van der Waals surface area contributed by atoms with Gasteiger partial charge in [0.1, 0.15) is 29.7 Å². The van der Waals surface area contributed by atoms with Gasteiger partial charge >= 0.3 is 6.03 Å². The molecule has 1 aromatic carbocycles. The number of aliphatic imine (C=N–C) groups is 1. The molecular weight excluding hydrogens is 1430 g/mol. The Morgan fingerprint density at radius 3 is 1.30 bits per heavy atom. The van der Waals surface area contributed by atoms with E-state index in [1.165, 1.54) is 18.7 Å². The SMILES string of the molecule is CCCN1C(=O)C2NC(c3ccc(OCC(=O)NCCCC[C@H](N)C(=O)NCCCC[C@H](NC(C)=O)C(=O)NCCOCCOCCNC(=O)CCC(=O)NCCOCCOCCNC(=O)CCC(=O)NCCOCCOCCNC(=O)CCC(=O)N[C@@H](CCCCNC(C)=O)C(N)=O)cc3)=NC2N(CCC)C1=O. The zero-order valence-electron chi connectivity index (χ0n) is 63.8. The van der Waals surface area contributed by atoms with Crippen LogP contribution in [0, 0.1) is 0 Å². The van der Waals surface area contributed by atoms with Gasteiger partial charge in [0, 0.05) is 130 Å². The number of fused-ring (bicyclic) bond motifs is 1. The van der Waals surface area contributed by atoms with Crippen molar-refractivity contribution in [3.8, 4) is 5.75 Å². The van der Waals surface area contributed by atoms with Crippen LogP contribution in [0.5, 0.6) is 5.75 Å².